The summed E-state index contributed by atoms with van der Waals surface area (Å²) in [7, 11) is 0. The summed E-state index contributed by atoms with van der Waals surface area (Å²) < 4.78 is 0. The first-order valence-corrected chi connectivity index (χ1v) is 16.3. The van der Waals surface area contributed by atoms with Crippen LogP contribution in [0.4, 0.5) is 0 Å². The number of carbonyl (C=O) groups is 6. The minimum atomic E-state index is -0.894. The molecular weight excluding hydrogens is 708 g/mol. The molecule has 0 aromatic rings. The van der Waals surface area contributed by atoms with Gasteiger partial charge in [-0.25, -0.2) is 0 Å². The summed E-state index contributed by atoms with van der Waals surface area (Å²) in [5, 5.41) is 14.2. The highest BCUT2D eigenvalue weighted by atomic mass is 79.9. The van der Waals surface area contributed by atoms with Crippen molar-refractivity contribution < 1.29 is 28.8 Å². The molecule has 0 heterocycles. The van der Waals surface area contributed by atoms with Crippen LogP contribution in [0.25, 0.3) is 0 Å². The maximum atomic E-state index is 13.0. The predicted octanol–water partition coefficient (Wildman–Crippen LogP) is 0.526. The van der Waals surface area contributed by atoms with E-state index in [1.54, 1.807) is 0 Å². The van der Waals surface area contributed by atoms with Crippen LogP contribution in [0.1, 0.15) is 57.8 Å². The average molecular weight is 749 g/mol. The van der Waals surface area contributed by atoms with Gasteiger partial charge in [0, 0.05) is 19.6 Å². The normalized spacial score (nSPS) is 12.9. The molecule has 224 valence electrons. The number of halogens is 3. The van der Waals surface area contributed by atoms with Crippen LogP contribution in [0.5, 0.6) is 0 Å². The summed E-state index contributed by atoms with van der Waals surface area (Å²) >= 11 is 9.21. The van der Waals surface area contributed by atoms with Crippen molar-refractivity contribution in [1.82, 2.24) is 26.6 Å². The molecule has 0 bridgehead atoms. The third-order valence-corrected chi connectivity index (χ3v) is 7.12. The molecule has 0 aliphatic carbocycles. The van der Waals surface area contributed by atoms with E-state index in [0.717, 1.165) is 0 Å². The van der Waals surface area contributed by atoms with Gasteiger partial charge in [-0.15, -0.1) is 0 Å². The molecule has 15 heteroatoms. The van der Waals surface area contributed by atoms with E-state index in [1.165, 1.54) is 0 Å². The fraction of sp³-hybridized carbons (Fsp3) is 0.750. The summed E-state index contributed by atoms with van der Waals surface area (Å²) in [5.74, 6) is -1.34. The van der Waals surface area contributed by atoms with Gasteiger partial charge in [0.1, 0.15) is 12.3 Å². The summed E-state index contributed by atoms with van der Waals surface area (Å²) in [4.78, 5) is 71.2. The highest BCUT2D eigenvalue weighted by Crippen LogP contribution is 2.06. The third-order valence-electron chi connectivity index (χ3n) is 5.60. The molecule has 7 N–H and O–H groups in total. The zero-order valence-corrected chi connectivity index (χ0v) is 26.8. The molecule has 0 aliphatic rings. The Kier molecular flexibility index (Phi) is 23.3. The van der Waals surface area contributed by atoms with Gasteiger partial charge in [0.15, 0.2) is 0 Å². The van der Waals surface area contributed by atoms with Gasteiger partial charge in [-0.3, -0.25) is 24.0 Å². The van der Waals surface area contributed by atoms with Crippen LogP contribution in [0, 0.1) is 0 Å². The maximum Gasteiger partial charge on any atom is 0.243 e. The molecule has 3 unspecified atom stereocenters. The summed E-state index contributed by atoms with van der Waals surface area (Å²) in [5.41, 5.74) is 6.03. The Balaban J connectivity index is 4.84. The van der Waals surface area contributed by atoms with Crippen molar-refractivity contribution in [3.8, 4) is 0 Å². The lowest BCUT2D eigenvalue weighted by atomic mass is 10.0. The average Bonchev–Trinajstić information content (AvgIpc) is 2.94. The van der Waals surface area contributed by atoms with E-state index in [-0.39, 0.29) is 33.7 Å². The van der Waals surface area contributed by atoms with E-state index in [0.29, 0.717) is 83.7 Å². The summed E-state index contributed by atoms with van der Waals surface area (Å²) in [6.07, 6.45) is 5.40. The Bertz CT molecular complexity index is 777. The molecule has 0 saturated heterocycles. The lowest BCUT2D eigenvalue weighted by Gasteiger charge is -2.23. The molecule has 0 aromatic heterocycles. The largest absolute Gasteiger partial charge is 0.355 e. The molecule has 0 aromatic carbocycles. The Morgan fingerprint density at radius 1 is 0.615 bits per heavy atom. The number of carbonyl (C=O) groups excluding carboxylic acids is 6. The molecule has 0 rings (SSSR count). The second-order valence-corrected chi connectivity index (χ2v) is 10.5. The van der Waals surface area contributed by atoms with Crippen LogP contribution in [-0.2, 0) is 28.8 Å². The molecular formula is C24H41Br3N6O6. The van der Waals surface area contributed by atoms with E-state index >= 15 is 0 Å². The van der Waals surface area contributed by atoms with E-state index in [9.17, 15) is 28.8 Å². The minimum absolute atomic E-state index is 0.118. The van der Waals surface area contributed by atoms with Gasteiger partial charge >= 0.3 is 0 Å². The molecule has 12 nitrogen and oxygen atoms in total. The monoisotopic (exact) mass is 746 g/mol. The van der Waals surface area contributed by atoms with Crippen molar-refractivity contribution in [2.75, 3.05) is 35.6 Å². The first kappa shape index (κ1) is 37.4. The zero-order valence-electron chi connectivity index (χ0n) is 22.1. The van der Waals surface area contributed by atoms with E-state index in [1.807, 2.05) is 0 Å². The number of unbranched alkanes of at least 4 members (excludes halogenated alkanes) is 3. The quantitative estimate of drug-likeness (QED) is 0.0500. The molecule has 0 radical (unpaired) electrons. The first-order valence-electron chi connectivity index (χ1n) is 13.0. The van der Waals surface area contributed by atoms with E-state index in [2.05, 4.69) is 74.4 Å². The third kappa shape index (κ3) is 20.0. The number of hydrogen-bond acceptors (Lipinski definition) is 7. The number of nitrogens with two attached hydrogens (primary N) is 1. The first-order chi connectivity index (χ1) is 18.7. The van der Waals surface area contributed by atoms with Crippen LogP contribution >= 0.6 is 47.8 Å². The van der Waals surface area contributed by atoms with Gasteiger partial charge < -0.3 is 37.1 Å². The summed E-state index contributed by atoms with van der Waals surface area (Å²) in [6.45, 7) is 1.38. The molecule has 0 saturated carbocycles. The molecule has 0 aliphatic heterocycles. The van der Waals surface area contributed by atoms with Gasteiger partial charge in [-0.05, 0) is 57.8 Å². The van der Waals surface area contributed by atoms with Crippen LogP contribution in [0.2, 0.25) is 0 Å². The van der Waals surface area contributed by atoms with Gasteiger partial charge in [-0.1, -0.05) is 47.8 Å². The Morgan fingerprint density at radius 2 is 1.05 bits per heavy atom. The van der Waals surface area contributed by atoms with Crippen molar-refractivity contribution in [3.63, 3.8) is 0 Å². The lowest BCUT2D eigenvalue weighted by molar-refractivity contribution is -0.131. The lowest BCUT2D eigenvalue weighted by Crippen LogP contribution is -2.53. The standard InChI is InChI=1S/C24H41Br3N6O6/c25-13-20(35)29-10-4-1-7-17(16-34)32-24(39)19(9-3-6-12-31-22(37)15-27)33-23(38)18(28)8-2-5-11-30-21(36)14-26/h16-19H,1-15,28H2,(H,29,35)(H,30,36)(H,31,37)(H,32,39)(H,33,38). The predicted molar refractivity (Wildman–Crippen MR) is 160 cm³/mol. The van der Waals surface area contributed by atoms with Gasteiger partial charge in [0.2, 0.25) is 29.5 Å². The fourth-order valence-electron chi connectivity index (χ4n) is 3.41. The SMILES string of the molecule is NC(CCCCNC(=O)CBr)C(=O)NC(CCCCNC(=O)CBr)C(=O)NC(C=O)CCCCNC(=O)CBr. The van der Waals surface area contributed by atoms with Crippen molar-refractivity contribution in [2.45, 2.75) is 75.9 Å². The number of nitrogens with one attached hydrogen (secondary N) is 5. The highest BCUT2D eigenvalue weighted by Gasteiger charge is 2.25. The second kappa shape index (κ2) is 24.2. The van der Waals surface area contributed by atoms with Crippen molar-refractivity contribution in [2.24, 2.45) is 5.73 Å². The highest BCUT2D eigenvalue weighted by molar-refractivity contribution is 9.09. The van der Waals surface area contributed by atoms with Crippen molar-refractivity contribution in [1.29, 1.82) is 0 Å². The van der Waals surface area contributed by atoms with Gasteiger partial charge in [0.25, 0.3) is 0 Å². The topological polar surface area (TPSA) is 189 Å². The Hall–Kier alpha value is -1.58. The Labute approximate surface area is 255 Å². The van der Waals surface area contributed by atoms with Crippen LogP contribution in [0.3, 0.4) is 0 Å². The second-order valence-electron chi connectivity index (χ2n) is 8.86. The number of hydrogen-bond donors (Lipinski definition) is 6. The molecule has 0 fully saturated rings. The molecule has 0 spiro atoms. The number of rotatable bonds is 23. The number of aldehydes is 1. The van der Waals surface area contributed by atoms with E-state index in [4.69, 9.17) is 5.73 Å². The van der Waals surface area contributed by atoms with Crippen molar-refractivity contribution in [3.05, 3.63) is 0 Å². The van der Waals surface area contributed by atoms with Crippen LogP contribution in [-0.4, -0.2) is 89.6 Å². The van der Waals surface area contributed by atoms with E-state index < -0.39 is 29.9 Å². The van der Waals surface area contributed by atoms with Crippen molar-refractivity contribution >= 4 is 83.6 Å². The minimum Gasteiger partial charge on any atom is -0.355 e. The smallest absolute Gasteiger partial charge is 0.243 e. The molecule has 3 atom stereocenters. The molecule has 39 heavy (non-hydrogen) atoms. The van der Waals surface area contributed by atoms with Crippen LogP contribution < -0.4 is 32.3 Å². The number of alkyl halides is 3. The maximum absolute atomic E-state index is 13.0. The Morgan fingerprint density at radius 3 is 1.49 bits per heavy atom. The number of amides is 5. The van der Waals surface area contributed by atoms with Gasteiger partial charge in [0.05, 0.1) is 28.1 Å². The van der Waals surface area contributed by atoms with Crippen LogP contribution in [0.15, 0.2) is 0 Å². The summed E-state index contributed by atoms with van der Waals surface area (Å²) in [6, 6.07) is -2.46. The molecule has 5 amide bonds. The fourth-order valence-corrected chi connectivity index (χ4v) is 4.01. The van der Waals surface area contributed by atoms with Gasteiger partial charge in [-0.2, -0.15) is 0 Å². The zero-order chi connectivity index (χ0) is 29.5.